The molecule has 0 saturated heterocycles. The maximum absolute atomic E-state index is 12.3. The molecule has 0 atom stereocenters. The van der Waals surface area contributed by atoms with Crippen LogP contribution in [0.1, 0.15) is 33.6 Å². The van der Waals surface area contributed by atoms with Gasteiger partial charge in [0.2, 0.25) is 15.9 Å². The second kappa shape index (κ2) is 6.98. The topological polar surface area (TPSA) is 87.3 Å². The third kappa shape index (κ3) is 6.29. The Kier molecular flexibility index (Phi) is 5.44. The van der Waals surface area contributed by atoms with Crippen LogP contribution < -0.4 is 15.4 Å². The third-order valence-electron chi connectivity index (χ3n) is 3.28. The van der Waals surface area contributed by atoms with Crippen LogP contribution in [0.15, 0.2) is 29.2 Å². The summed E-state index contributed by atoms with van der Waals surface area (Å²) in [4.78, 5) is 12.0. The van der Waals surface area contributed by atoms with Gasteiger partial charge in [-0.05, 0) is 64.3 Å². The van der Waals surface area contributed by atoms with Gasteiger partial charge in [0.1, 0.15) is 0 Å². The van der Waals surface area contributed by atoms with Crippen molar-refractivity contribution in [1.29, 1.82) is 0 Å². The van der Waals surface area contributed by atoms with Gasteiger partial charge >= 0.3 is 0 Å². The average Bonchev–Trinajstić information content (AvgIpc) is 3.20. The first-order valence-electron chi connectivity index (χ1n) is 7.80. The quantitative estimate of drug-likeness (QED) is 0.706. The fourth-order valence-corrected chi connectivity index (χ4v) is 3.58. The molecule has 1 aliphatic carbocycles. The Morgan fingerprint density at radius 1 is 1.26 bits per heavy atom. The first-order chi connectivity index (χ1) is 10.7. The molecule has 1 fully saturated rings. The van der Waals surface area contributed by atoms with Crippen molar-refractivity contribution in [3.05, 3.63) is 24.3 Å². The van der Waals surface area contributed by atoms with Crippen LogP contribution >= 0.6 is 0 Å². The molecule has 2 rings (SSSR count). The molecule has 1 amide bonds. The minimum Gasteiger partial charge on any atom is -0.325 e. The summed E-state index contributed by atoms with van der Waals surface area (Å²) in [6.45, 7) is 6.43. The smallest absolute Gasteiger partial charge is 0.241 e. The number of nitrogens with one attached hydrogen (secondary N) is 3. The number of benzene rings is 1. The van der Waals surface area contributed by atoms with E-state index in [2.05, 4.69) is 15.4 Å². The van der Waals surface area contributed by atoms with Crippen LogP contribution in [0, 0.1) is 5.92 Å². The highest BCUT2D eigenvalue weighted by Gasteiger charge is 2.22. The molecule has 0 radical (unpaired) electrons. The molecular formula is C16H25N3O3S. The second-order valence-electron chi connectivity index (χ2n) is 7.01. The van der Waals surface area contributed by atoms with E-state index in [1.54, 1.807) is 32.9 Å². The molecule has 0 aliphatic heterocycles. The van der Waals surface area contributed by atoms with Crippen LogP contribution in [0.5, 0.6) is 0 Å². The lowest BCUT2D eigenvalue weighted by Gasteiger charge is -2.20. The molecule has 1 aromatic carbocycles. The van der Waals surface area contributed by atoms with Gasteiger partial charge in [-0.1, -0.05) is 6.07 Å². The maximum Gasteiger partial charge on any atom is 0.241 e. The van der Waals surface area contributed by atoms with Crippen LogP contribution in [0.25, 0.3) is 0 Å². The zero-order valence-electron chi connectivity index (χ0n) is 13.8. The lowest BCUT2D eigenvalue weighted by Crippen LogP contribution is -2.40. The van der Waals surface area contributed by atoms with Gasteiger partial charge in [-0.15, -0.1) is 0 Å². The zero-order chi connectivity index (χ0) is 17.1. The summed E-state index contributed by atoms with van der Waals surface area (Å²) >= 11 is 0. The molecule has 1 aliphatic rings. The van der Waals surface area contributed by atoms with E-state index in [0.29, 0.717) is 11.6 Å². The number of anilines is 1. The average molecular weight is 339 g/mol. The lowest BCUT2D eigenvalue weighted by molar-refractivity contribution is -0.115. The molecule has 1 aromatic rings. The molecule has 1 saturated carbocycles. The van der Waals surface area contributed by atoms with Crippen molar-refractivity contribution in [2.45, 2.75) is 44.0 Å². The molecule has 7 heteroatoms. The van der Waals surface area contributed by atoms with Gasteiger partial charge in [-0.25, -0.2) is 13.1 Å². The highest BCUT2D eigenvalue weighted by molar-refractivity contribution is 7.89. The van der Waals surface area contributed by atoms with Crippen molar-refractivity contribution in [3.8, 4) is 0 Å². The van der Waals surface area contributed by atoms with Crippen LogP contribution in [0.3, 0.4) is 0 Å². The number of hydrogen-bond acceptors (Lipinski definition) is 4. The van der Waals surface area contributed by atoms with E-state index in [1.165, 1.54) is 25.0 Å². The molecule has 128 valence electrons. The Morgan fingerprint density at radius 2 is 1.96 bits per heavy atom. The van der Waals surface area contributed by atoms with Crippen molar-refractivity contribution in [3.63, 3.8) is 0 Å². The molecule has 0 bridgehead atoms. The highest BCUT2D eigenvalue weighted by atomic mass is 32.2. The van der Waals surface area contributed by atoms with Crippen LogP contribution in [-0.2, 0) is 14.8 Å². The first kappa shape index (κ1) is 17.9. The summed E-state index contributed by atoms with van der Waals surface area (Å²) < 4.78 is 27.2. The summed E-state index contributed by atoms with van der Waals surface area (Å²) in [7, 11) is -3.61. The molecular weight excluding hydrogens is 314 g/mol. The molecule has 23 heavy (non-hydrogen) atoms. The number of carbonyl (C=O) groups is 1. The minimum atomic E-state index is -3.61. The van der Waals surface area contributed by atoms with Crippen LogP contribution in [-0.4, -0.2) is 33.0 Å². The van der Waals surface area contributed by atoms with Gasteiger partial charge in [0.15, 0.2) is 0 Å². The fraction of sp³-hybridized carbons (Fsp3) is 0.562. The van der Waals surface area contributed by atoms with Gasteiger partial charge < -0.3 is 10.6 Å². The molecule has 0 heterocycles. The number of rotatable bonds is 7. The van der Waals surface area contributed by atoms with Crippen LogP contribution in [0.4, 0.5) is 5.69 Å². The highest BCUT2D eigenvalue weighted by Crippen LogP contribution is 2.27. The summed E-state index contributed by atoms with van der Waals surface area (Å²) in [6.07, 6.45) is 2.46. The number of amides is 1. The second-order valence-corrected chi connectivity index (χ2v) is 8.69. The Bertz CT molecular complexity index is 661. The Balaban J connectivity index is 1.97. The van der Waals surface area contributed by atoms with Crippen molar-refractivity contribution in [2.24, 2.45) is 5.92 Å². The Labute approximate surface area is 138 Å². The molecule has 0 unspecified atom stereocenters. The SMILES string of the molecule is CC(C)(C)NS(=O)(=O)c1cccc(NC(=O)CNCC2CC2)c1. The van der Waals surface area contributed by atoms with E-state index in [0.717, 1.165) is 6.54 Å². The summed E-state index contributed by atoms with van der Waals surface area (Å²) in [5, 5.41) is 5.82. The lowest BCUT2D eigenvalue weighted by atomic mass is 10.1. The first-order valence-corrected chi connectivity index (χ1v) is 9.29. The van der Waals surface area contributed by atoms with E-state index in [9.17, 15) is 13.2 Å². The predicted octanol–water partition coefficient (Wildman–Crippen LogP) is 1.70. The van der Waals surface area contributed by atoms with Crippen LogP contribution in [0.2, 0.25) is 0 Å². The van der Waals surface area contributed by atoms with Gasteiger partial charge in [0.25, 0.3) is 0 Å². The Morgan fingerprint density at radius 3 is 2.57 bits per heavy atom. The summed E-state index contributed by atoms with van der Waals surface area (Å²) in [6, 6.07) is 6.27. The minimum absolute atomic E-state index is 0.135. The maximum atomic E-state index is 12.3. The van der Waals surface area contributed by atoms with Gasteiger partial charge in [0.05, 0.1) is 11.4 Å². The number of hydrogen-bond donors (Lipinski definition) is 3. The summed E-state index contributed by atoms with van der Waals surface area (Å²) in [5.74, 6) is 0.531. The Hall–Kier alpha value is -1.44. The molecule has 3 N–H and O–H groups in total. The number of carbonyl (C=O) groups excluding carboxylic acids is 1. The van der Waals surface area contributed by atoms with Gasteiger partial charge in [0, 0.05) is 11.2 Å². The number of sulfonamides is 1. The molecule has 0 aromatic heterocycles. The van der Waals surface area contributed by atoms with Gasteiger partial charge in [-0.2, -0.15) is 0 Å². The predicted molar refractivity (Wildman–Crippen MR) is 90.7 cm³/mol. The zero-order valence-corrected chi connectivity index (χ0v) is 14.7. The van der Waals surface area contributed by atoms with E-state index in [1.807, 2.05) is 0 Å². The van der Waals surface area contributed by atoms with E-state index >= 15 is 0 Å². The van der Waals surface area contributed by atoms with Crippen molar-refractivity contribution in [1.82, 2.24) is 10.0 Å². The van der Waals surface area contributed by atoms with Crippen molar-refractivity contribution >= 4 is 21.6 Å². The van der Waals surface area contributed by atoms with E-state index < -0.39 is 15.6 Å². The fourth-order valence-electron chi connectivity index (χ4n) is 2.12. The monoisotopic (exact) mass is 339 g/mol. The molecule has 0 spiro atoms. The normalized spacial score (nSPS) is 15.4. The van der Waals surface area contributed by atoms with Gasteiger partial charge in [-0.3, -0.25) is 4.79 Å². The van der Waals surface area contributed by atoms with E-state index in [-0.39, 0.29) is 17.3 Å². The third-order valence-corrected chi connectivity index (χ3v) is 5.04. The molecule has 6 nitrogen and oxygen atoms in total. The van der Waals surface area contributed by atoms with E-state index in [4.69, 9.17) is 0 Å². The standard InChI is InChI=1S/C16H25N3O3S/c1-16(2,3)19-23(21,22)14-6-4-5-13(9-14)18-15(20)11-17-10-12-7-8-12/h4-6,9,12,17,19H,7-8,10-11H2,1-3H3,(H,18,20). The van der Waals surface area contributed by atoms with Crippen molar-refractivity contribution in [2.75, 3.05) is 18.4 Å². The largest absolute Gasteiger partial charge is 0.325 e. The van der Waals surface area contributed by atoms with Crippen molar-refractivity contribution < 1.29 is 13.2 Å². The summed E-state index contributed by atoms with van der Waals surface area (Å²) in [5.41, 5.74) is -0.0924.